The van der Waals surface area contributed by atoms with Crippen LogP contribution in [0.4, 0.5) is 5.69 Å². The molecule has 3 N–H and O–H groups in total. The molecule has 0 radical (unpaired) electrons. The molecule has 0 aliphatic carbocycles. The highest BCUT2D eigenvalue weighted by molar-refractivity contribution is 6.32. The summed E-state index contributed by atoms with van der Waals surface area (Å²) in [6.45, 7) is 0. The van der Waals surface area contributed by atoms with Crippen molar-refractivity contribution < 1.29 is 9.59 Å². The van der Waals surface area contributed by atoms with Gasteiger partial charge in [-0.05, 0) is 36.4 Å². The number of amides is 2. The maximum atomic E-state index is 13.1. The van der Waals surface area contributed by atoms with Crippen LogP contribution in [0.3, 0.4) is 0 Å². The van der Waals surface area contributed by atoms with Gasteiger partial charge in [0.05, 0.1) is 21.8 Å². The summed E-state index contributed by atoms with van der Waals surface area (Å²) in [5.74, 6) is -0.588. The van der Waals surface area contributed by atoms with Crippen LogP contribution in [0.25, 0.3) is 16.7 Å². The lowest BCUT2D eigenvalue weighted by Crippen LogP contribution is -2.20. The number of nitrogens with zero attached hydrogens (tertiary/aromatic N) is 2. The fourth-order valence-electron chi connectivity index (χ4n) is 3.09. The Morgan fingerprint density at radius 3 is 2.54 bits per heavy atom. The van der Waals surface area contributed by atoms with Crippen LogP contribution >= 0.6 is 11.6 Å². The highest BCUT2D eigenvalue weighted by atomic mass is 35.5. The molecule has 2 aromatic heterocycles. The maximum absolute atomic E-state index is 13.1. The van der Waals surface area contributed by atoms with E-state index in [1.165, 1.54) is 0 Å². The Kier molecular flexibility index (Phi) is 4.55. The summed E-state index contributed by atoms with van der Waals surface area (Å²) < 4.78 is 1.69. The molecule has 0 bridgehead atoms. The minimum Gasteiger partial charge on any atom is -0.366 e. The van der Waals surface area contributed by atoms with Gasteiger partial charge in [0.1, 0.15) is 5.69 Å². The van der Waals surface area contributed by atoms with Gasteiger partial charge in [-0.1, -0.05) is 41.9 Å². The van der Waals surface area contributed by atoms with E-state index >= 15 is 0 Å². The molecule has 0 atom stereocenters. The molecule has 0 fully saturated rings. The molecule has 0 aliphatic heterocycles. The number of pyridine rings is 1. The number of hydrogen-bond acceptors (Lipinski definition) is 3. The second-order valence-corrected chi connectivity index (χ2v) is 6.50. The number of rotatable bonds is 4. The van der Waals surface area contributed by atoms with Crippen molar-refractivity contribution in [1.29, 1.82) is 0 Å². The molecule has 6 nitrogen and oxygen atoms in total. The molecule has 2 heterocycles. The van der Waals surface area contributed by atoms with Crippen LogP contribution in [-0.2, 0) is 0 Å². The lowest BCUT2D eigenvalue weighted by atomic mass is 10.1. The Labute approximate surface area is 165 Å². The summed E-state index contributed by atoms with van der Waals surface area (Å²) in [4.78, 5) is 29.1. The number of carbonyl (C=O) groups excluding carboxylic acids is 2. The normalized spacial score (nSPS) is 10.8. The van der Waals surface area contributed by atoms with Crippen molar-refractivity contribution in [2.24, 2.45) is 5.73 Å². The highest BCUT2D eigenvalue weighted by Crippen LogP contribution is 2.28. The molecule has 0 saturated heterocycles. The molecule has 0 unspecified atom stereocenters. The van der Waals surface area contributed by atoms with E-state index in [1.807, 2.05) is 24.3 Å². The van der Waals surface area contributed by atoms with E-state index < -0.39 is 11.8 Å². The SMILES string of the molecule is NC(=O)c1ccccc1NC(=O)c1cc2ccccc2n1-c1ncccc1Cl. The lowest BCUT2D eigenvalue weighted by Gasteiger charge is -2.13. The summed E-state index contributed by atoms with van der Waals surface area (Å²) in [7, 11) is 0. The average Bonchev–Trinajstić information content (AvgIpc) is 3.08. The first kappa shape index (κ1) is 17.8. The average molecular weight is 391 g/mol. The minimum absolute atomic E-state index is 0.231. The zero-order chi connectivity index (χ0) is 19.7. The highest BCUT2D eigenvalue weighted by Gasteiger charge is 2.20. The van der Waals surface area contributed by atoms with Crippen molar-refractivity contribution in [3.05, 3.63) is 89.2 Å². The summed E-state index contributed by atoms with van der Waals surface area (Å²) in [5.41, 5.74) is 7.10. The van der Waals surface area contributed by atoms with Crippen LogP contribution in [0.5, 0.6) is 0 Å². The molecule has 0 spiro atoms. The summed E-state index contributed by atoms with van der Waals surface area (Å²) in [6.07, 6.45) is 1.61. The Bertz CT molecular complexity index is 1220. The number of nitrogens with one attached hydrogen (secondary N) is 1. The second-order valence-electron chi connectivity index (χ2n) is 6.10. The third kappa shape index (κ3) is 3.10. The van der Waals surface area contributed by atoms with Gasteiger partial charge in [-0.2, -0.15) is 0 Å². The van der Waals surface area contributed by atoms with Crippen molar-refractivity contribution in [2.75, 3.05) is 5.32 Å². The summed E-state index contributed by atoms with van der Waals surface area (Å²) in [6, 6.07) is 19.3. The molecule has 4 rings (SSSR count). The minimum atomic E-state index is -0.621. The van der Waals surface area contributed by atoms with Gasteiger partial charge in [-0.3, -0.25) is 14.2 Å². The van der Waals surface area contributed by atoms with Crippen LogP contribution in [0, 0.1) is 0 Å². The van der Waals surface area contributed by atoms with E-state index in [0.717, 1.165) is 10.9 Å². The number of fused-ring (bicyclic) bond motifs is 1. The van der Waals surface area contributed by atoms with Crippen LogP contribution in [0.2, 0.25) is 5.02 Å². The number of anilines is 1. The maximum Gasteiger partial charge on any atom is 0.272 e. The van der Waals surface area contributed by atoms with Crippen molar-refractivity contribution in [1.82, 2.24) is 9.55 Å². The predicted molar refractivity (Wildman–Crippen MR) is 109 cm³/mol. The van der Waals surface area contributed by atoms with E-state index in [9.17, 15) is 9.59 Å². The van der Waals surface area contributed by atoms with Gasteiger partial charge >= 0.3 is 0 Å². The van der Waals surface area contributed by atoms with Crippen molar-refractivity contribution >= 4 is 40.0 Å². The lowest BCUT2D eigenvalue weighted by molar-refractivity contribution is 0.100. The number of aromatic nitrogens is 2. The monoisotopic (exact) mass is 390 g/mol. The third-order valence-electron chi connectivity index (χ3n) is 4.34. The van der Waals surface area contributed by atoms with E-state index in [0.29, 0.717) is 22.2 Å². The largest absolute Gasteiger partial charge is 0.366 e. The fourth-order valence-corrected chi connectivity index (χ4v) is 3.29. The van der Waals surface area contributed by atoms with Gasteiger partial charge in [-0.25, -0.2) is 4.98 Å². The molecule has 0 saturated carbocycles. The first-order chi connectivity index (χ1) is 13.6. The molecule has 28 heavy (non-hydrogen) atoms. The van der Waals surface area contributed by atoms with Crippen molar-refractivity contribution in [2.45, 2.75) is 0 Å². The quantitative estimate of drug-likeness (QED) is 0.551. The first-order valence-corrected chi connectivity index (χ1v) is 8.85. The molecule has 138 valence electrons. The smallest absolute Gasteiger partial charge is 0.272 e. The molecule has 4 aromatic rings. The Balaban J connectivity index is 1.86. The predicted octanol–water partition coefficient (Wildman–Crippen LogP) is 4.03. The fraction of sp³-hybridized carbons (Fsp3) is 0. The van der Waals surface area contributed by atoms with Gasteiger partial charge in [0.2, 0.25) is 0 Å². The van der Waals surface area contributed by atoms with Gasteiger partial charge in [-0.15, -0.1) is 0 Å². The molecule has 2 aromatic carbocycles. The van der Waals surface area contributed by atoms with Gasteiger partial charge in [0, 0.05) is 11.6 Å². The zero-order valence-electron chi connectivity index (χ0n) is 14.6. The van der Waals surface area contributed by atoms with Crippen molar-refractivity contribution in [3.63, 3.8) is 0 Å². The molecule has 2 amide bonds. The van der Waals surface area contributed by atoms with Crippen LogP contribution in [0.1, 0.15) is 20.8 Å². The number of hydrogen-bond donors (Lipinski definition) is 2. The second kappa shape index (κ2) is 7.17. The van der Waals surface area contributed by atoms with Crippen LogP contribution < -0.4 is 11.1 Å². The van der Waals surface area contributed by atoms with Gasteiger partial charge in [0.15, 0.2) is 5.82 Å². The molecular formula is C21H15ClN4O2. The number of nitrogens with two attached hydrogens (primary N) is 1. The number of para-hydroxylation sites is 2. The van der Waals surface area contributed by atoms with E-state index in [2.05, 4.69) is 10.3 Å². The Morgan fingerprint density at radius 2 is 1.75 bits per heavy atom. The van der Waals surface area contributed by atoms with Crippen LogP contribution in [-0.4, -0.2) is 21.4 Å². The van der Waals surface area contributed by atoms with Gasteiger partial charge in [0.25, 0.3) is 11.8 Å². The van der Waals surface area contributed by atoms with E-state index in [1.54, 1.807) is 53.2 Å². The third-order valence-corrected chi connectivity index (χ3v) is 4.63. The molecule has 7 heteroatoms. The Morgan fingerprint density at radius 1 is 1.00 bits per heavy atom. The summed E-state index contributed by atoms with van der Waals surface area (Å²) in [5, 5.41) is 4.04. The van der Waals surface area contributed by atoms with Gasteiger partial charge < -0.3 is 11.1 Å². The van der Waals surface area contributed by atoms with E-state index in [4.69, 9.17) is 17.3 Å². The van der Waals surface area contributed by atoms with E-state index in [-0.39, 0.29) is 5.56 Å². The van der Waals surface area contributed by atoms with Crippen LogP contribution in [0.15, 0.2) is 72.9 Å². The number of carbonyl (C=O) groups is 2. The zero-order valence-corrected chi connectivity index (χ0v) is 15.4. The first-order valence-electron chi connectivity index (χ1n) is 8.48. The topological polar surface area (TPSA) is 90.0 Å². The number of primary amides is 1. The number of halogens is 1. The van der Waals surface area contributed by atoms with Crippen molar-refractivity contribution in [3.8, 4) is 5.82 Å². The molecule has 0 aliphatic rings. The molecular weight excluding hydrogens is 376 g/mol. The summed E-state index contributed by atoms with van der Waals surface area (Å²) >= 11 is 6.34. The standard InChI is InChI=1S/C21H15ClN4O2/c22-15-8-5-11-24-20(15)26-17-10-4-1-6-13(17)12-18(26)21(28)25-16-9-3-2-7-14(16)19(23)27/h1-12H,(H2,23,27)(H,25,28). The number of benzene rings is 2. The Hall–Kier alpha value is -3.64.